The standard InChI is InChI=1S/C15H15N5O2S.ClH/c16-13(5-10-1-3-12(4-2-10)20(21)22)14-8-23-15(19-14)6-11-7-17-9-18-11;/h1-4,7-9,13H,5-6,16H2,(H,17,18);1H/t13-;/m0./s1. The molecule has 24 heavy (non-hydrogen) atoms. The predicted molar refractivity (Wildman–Crippen MR) is 94.5 cm³/mol. The summed E-state index contributed by atoms with van der Waals surface area (Å²) in [7, 11) is 0. The quantitative estimate of drug-likeness (QED) is 0.515. The number of benzene rings is 1. The van der Waals surface area contributed by atoms with Crippen LogP contribution in [-0.2, 0) is 12.8 Å². The van der Waals surface area contributed by atoms with Crippen LogP contribution < -0.4 is 5.73 Å². The fourth-order valence-corrected chi connectivity index (χ4v) is 3.11. The summed E-state index contributed by atoms with van der Waals surface area (Å²) < 4.78 is 0. The van der Waals surface area contributed by atoms with E-state index in [9.17, 15) is 10.1 Å². The average molecular weight is 366 g/mol. The Balaban J connectivity index is 0.00000208. The van der Waals surface area contributed by atoms with Crippen molar-refractivity contribution in [1.82, 2.24) is 15.0 Å². The van der Waals surface area contributed by atoms with Crippen LogP contribution in [0, 0.1) is 10.1 Å². The Bertz CT molecular complexity index is 789. The molecule has 0 radical (unpaired) electrons. The zero-order valence-electron chi connectivity index (χ0n) is 12.6. The van der Waals surface area contributed by atoms with Gasteiger partial charge in [-0.1, -0.05) is 12.1 Å². The van der Waals surface area contributed by atoms with Crippen LogP contribution in [0.1, 0.15) is 28.0 Å². The molecule has 1 atom stereocenters. The van der Waals surface area contributed by atoms with Gasteiger partial charge in [0.25, 0.3) is 5.69 Å². The Morgan fingerprint density at radius 2 is 2.08 bits per heavy atom. The number of rotatable bonds is 6. The Kier molecular flexibility index (Phi) is 6.02. The highest BCUT2D eigenvalue weighted by atomic mass is 35.5. The third-order valence-electron chi connectivity index (χ3n) is 3.45. The molecule has 7 nitrogen and oxygen atoms in total. The molecule has 1 aromatic carbocycles. The number of H-pyrrole nitrogens is 1. The summed E-state index contributed by atoms with van der Waals surface area (Å²) in [6.07, 6.45) is 4.71. The number of aromatic amines is 1. The van der Waals surface area contributed by atoms with Gasteiger partial charge in [0.1, 0.15) is 0 Å². The number of nitrogens with two attached hydrogens (primary N) is 1. The van der Waals surface area contributed by atoms with Crippen molar-refractivity contribution in [1.29, 1.82) is 0 Å². The second-order valence-electron chi connectivity index (χ2n) is 5.15. The van der Waals surface area contributed by atoms with Crippen molar-refractivity contribution in [2.75, 3.05) is 0 Å². The molecule has 0 aliphatic heterocycles. The summed E-state index contributed by atoms with van der Waals surface area (Å²) in [4.78, 5) is 21.8. The lowest BCUT2D eigenvalue weighted by Gasteiger charge is -2.08. The Morgan fingerprint density at radius 3 is 2.71 bits per heavy atom. The van der Waals surface area contributed by atoms with E-state index < -0.39 is 4.92 Å². The van der Waals surface area contributed by atoms with Gasteiger partial charge >= 0.3 is 0 Å². The average Bonchev–Trinajstić information content (AvgIpc) is 3.20. The van der Waals surface area contributed by atoms with Crippen LogP contribution in [0.25, 0.3) is 0 Å². The van der Waals surface area contributed by atoms with Gasteiger partial charge in [-0.15, -0.1) is 23.7 Å². The third-order valence-corrected chi connectivity index (χ3v) is 4.32. The Labute approximate surface area is 148 Å². The zero-order valence-corrected chi connectivity index (χ0v) is 14.2. The first kappa shape index (κ1) is 18.1. The minimum atomic E-state index is -0.411. The molecule has 0 aliphatic carbocycles. The first-order valence-corrected chi connectivity index (χ1v) is 7.90. The molecule has 3 rings (SSSR count). The van der Waals surface area contributed by atoms with Gasteiger partial charge in [-0.2, -0.15) is 0 Å². The third kappa shape index (κ3) is 4.38. The lowest BCUT2D eigenvalue weighted by atomic mass is 10.0. The van der Waals surface area contributed by atoms with E-state index in [1.807, 2.05) is 5.38 Å². The number of nitro groups is 1. The van der Waals surface area contributed by atoms with E-state index in [0.717, 1.165) is 22.0 Å². The highest BCUT2D eigenvalue weighted by Gasteiger charge is 2.13. The van der Waals surface area contributed by atoms with Gasteiger partial charge in [0.2, 0.25) is 0 Å². The number of non-ortho nitro benzene ring substituents is 1. The maximum absolute atomic E-state index is 10.7. The largest absolute Gasteiger partial charge is 0.348 e. The van der Waals surface area contributed by atoms with Gasteiger partial charge in [-0.05, 0) is 12.0 Å². The van der Waals surface area contributed by atoms with Crippen LogP contribution in [0.2, 0.25) is 0 Å². The molecule has 9 heteroatoms. The summed E-state index contributed by atoms with van der Waals surface area (Å²) in [6.45, 7) is 0. The second kappa shape index (κ2) is 8.00. The summed E-state index contributed by atoms with van der Waals surface area (Å²) in [5.41, 5.74) is 9.08. The van der Waals surface area contributed by atoms with Crippen LogP contribution in [0.4, 0.5) is 5.69 Å². The molecule has 0 amide bonds. The maximum Gasteiger partial charge on any atom is 0.269 e. The number of halogens is 1. The van der Waals surface area contributed by atoms with E-state index in [0.29, 0.717) is 12.8 Å². The van der Waals surface area contributed by atoms with Crippen LogP contribution in [-0.4, -0.2) is 19.9 Å². The number of nitrogens with one attached hydrogen (secondary N) is 1. The van der Waals surface area contributed by atoms with Crippen LogP contribution in [0.3, 0.4) is 0 Å². The predicted octanol–water partition coefficient (Wildman–Crippen LogP) is 3.03. The van der Waals surface area contributed by atoms with Crippen LogP contribution >= 0.6 is 23.7 Å². The molecular weight excluding hydrogens is 350 g/mol. The lowest BCUT2D eigenvalue weighted by Crippen LogP contribution is -2.14. The van der Waals surface area contributed by atoms with Gasteiger partial charge < -0.3 is 10.7 Å². The number of nitro benzene ring substituents is 1. The van der Waals surface area contributed by atoms with Crippen molar-refractivity contribution in [3.8, 4) is 0 Å². The number of nitrogens with zero attached hydrogens (tertiary/aromatic N) is 3. The fraction of sp³-hybridized carbons (Fsp3) is 0.200. The number of aromatic nitrogens is 3. The van der Waals surface area contributed by atoms with E-state index in [2.05, 4.69) is 15.0 Å². The van der Waals surface area contributed by atoms with E-state index in [1.165, 1.54) is 12.1 Å². The van der Waals surface area contributed by atoms with Crippen molar-refractivity contribution < 1.29 is 4.92 Å². The van der Waals surface area contributed by atoms with E-state index in [-0.39, 0.29) is 24.1 Å². The molecule has 0 saturated carbocycles. The van der Waals surface area contributed by atoms with E-state index in [4.69, 9.17) is 5.73 Å². The molecule has 126 valence electrons. The van der Waals surface area contributed by atoms with Crippen LogP contribution in [0.5, 0.6) is 0 Å². The van der Waals surface area contributed by atoms with Crippen molar-refractivity contribution in [3.05, 3.63) is 74.2 Å². The maximum atomic E-state index is 10.7. The summed E-state index contributed by atoms with van der Waals surface area (Å²) in [6, 6.07) is 6.22. The van der Waals surface area contributed by atoms with E-state index >= 15 is 0 Å². The monoisotopic (exact) mass is 365 g/mol. The highest BCUT2D eigenvalue weighted by Crippen LogP contribution is 2.21. The van der Waals surface area contributed by atoms with Crippen LogP contribution in [0.15, 0.2) is 42.2 Å². The lowest BCUT2D eigenvalue weighted by molar-refractivity contribution is -0.384. The summed E-state index contributed by atoms with van der Waals surface area (Å²) in [5, 5.41) is 13.6. The van der Waals surface area contributed by atoms with Gasteiger partial charge in [0, 0.05) is 35.8 Å². The van der Waals surface area contributed by atoms with Gasteiger partial charge in [-0.3, -0.25) is 10.1 Å². The zero-order chi connectivity index (χ0) is 16.2. The summed E-state index contributed by atoms with van der Waals surface area (Å²) in [5.74, 6) is 0. The number of hydrogen-bond donors (Lipinski definition) is 2. The number of imidazole rings is 1. The molecule has 0 aliphatic rings. The van der Waals surface area contributed by atoms with Crippen molar-refractivity contribution in [3.63, 3.8) is 0 Å². The fourth-order valence-electron chi connectivity index (χ4n) is 2.23. The molecular formula is C15H16ClN5O2S. The minimum Gasteiger partial charge on any atom is -0.348 e. The molecule has 0 fully saturated rings. The SMILES string of the molecule is Cl.N[C@@H](Cc1ccc([N+](=O)[O-])cc1)c1csc(Cc2cnc[nH]2)n1. The molecule has 0 bridgehead atoms. The topological polar surface area (TPSA) is 111 Å². The van der Waals surface area contributed by atoms with Crippen molar-refractivity contribution >= 4 is 29.4 Å². The normalized spacial score (nSPS) is 11.7. The molecule has 3 N–H and O–H groups in total. The van der Waals surface area contributed by atoms with E-state index in [1.54, 1.807) is 36.0 Å². The number of hydrogen-bond acceptors (Lipinski definition) is 6. The molecule has 3 aromatic rings. The first-order valence-electron chi connectivity index (χ1n) is 7.02. The Morgan fingerprint density at radius 1 is 1.33 bits per heavy atom. The molecule has 0 spiro atoms. The second-order valence-corrected chi connectivity index (χ2v) is 6.10. The molecule has 2 aromatic heterocycles. The molecule has 0 unspecified atom stereocenters. The molecule has 0 saturated heterocycles. The van der Waals surface area contributed by atoms with Gasteiger partial charge in [0.15, 0.2) is 0 Å². The van der Waals surface area contributed by atoms with Gasteiger partial charge in [-0.25, -0.2) is 9.97 Å². The minimum absolute atomic E-state index is 0. The van der Waals surface area contributed by atoms with Crippen molar-refractivity contribution in [2.45, 2.75) is 18.9 Å². The van der Waals surface area contributed by atoms with Crippen molar-refractivity contribution in [2.24, 2.45) is 5.73 Å². The Hall–Kier alpha value is -2.29. The van der Waals surface area contributed by atoms with Gasteiger partial charge in [0.05, 0.1) is 28.0 Å². The molecule has 2 heterocycles. The first-order chi connectivity index (χ1) is 11.1. The smallest absolute Gasteiger partial charge is 0.269 e. The highest BCUT2D eigenvalue weighted by molar-refractivity contribution is 7.09. The summed E-state index contributed by atoms with van der Waals surface area (Å²) >= 11 is 1.56. The number of thiazole rings is 1.